The first-order valence-electron chi connectivity index (χ1n) is 11.1. The third kappa shape index (κ3) is 4.92. The summed E-state index contributed by atoms with van der Waals surface area (Å²) >= 11 is 3.45. The van der Waals surface area contributed by atoms with E-state index in [2.05, 4.69) is 39.4 Å². The molecule has 0 aromatic heterocycles. The van der Waals surface area contributed by atoms with Gasteiger partial charge in [-0.2, -0.15) is 0 Å². The van der Waals surface area contributed by atoms with Crippen LogP contribution in [0.15, 0.2) is 21.5 Å². The van der Waals surface area contributed by atoms with E-state index < -0.39 is 10.0 Å². The highest BCUT2D eigenvalue weighted by Crippen LogP contribution is 2.41. The molecule has 1 saturated heterocycles. The minimum Gasteiger partial charge on any atom is -0.310 e. The van der Waals surface area contributed by atoms with Gasteiger partial charge in [0.2, 0.25) is 15.9 Å². The lowest BCUT2D eigenvalue weighted by atomic mass is 9.92. The van der Waals surface area contributed by atoms with Crippen LogP contribution >= 0.6 is 15.9 Å². The normalized spacial score (nSPS) is 24.8. The van der Waals surface area contributed by atoms with Gasteiger partial charge in [-0.15, -0.1) is 0 Å². The Morgan fingerprint density at radius 1 is 1.20 bits per heavy atom. The van der Waals surface area contributed by atoms with E-state index in [0.29, 0.717) is 37.0 Å². The van der Waals surface area contributed by atoms with Gasteiger partial charge in [-0.05, 0) is 68.2 Å². The molecule has 0 bridgehead atoms. The smallest absolute Gasteiger partial charge is 0.242 e. The zero-order valence-corrected chi connectivity index (χ0v) is 20.3. The standard InChI is InChI=1S/C22H32BrN3O3S/c1-15-10-16(2)14-25(13-15)8-3-7-24-30(28,29)20-12-19(23)11-18-6-9-26(21(18)20)22(27)17-4-5-17/h11-12,15-17,24H,3-10,13-14H2,1-2H3/t15-,16+. The Morgan fingerprint density at radius 3 is 2.57 bits per heavy atom. The maximum Gasteiger partial charge on any atom is 0.242 e. The summed E-state index contributed by atoms with van der Waals surface area (Å²) in [6.07, 6.45) is 4.57. The molecular weight excluding hydrogens is 466 g/mol. The molecule has 1 saturated carbocycles. The number of nitrogens with zero attached hydrogens (tertiary/aromatic N) is 2. The number of benzene rings is 1. The van der Waals surface area contributed by atoms with Crippen LogP contribution in [0.4, 0.5) is 5.69 Å². The summed E-state index contributed by atoms with van der Waals surface area (Å²) in [5.41, 5.74) is 1.51. The second kappa shape index (κ2) is 8.88. The van der Waals surface area contributed by atoms with Crippen molar-refractivity contribution in [1.82, 2.24) is 9.62 Å². The van der Waals surface area contributed by atoms with Crippen molar-refractivity contribution in [2.24, 2.45) is 17.8 Å². The van der Waals surface area contributed by atoms with Gasteiger partial charge in [-0.1, -0.05) is 29.8 Å². The molecule has 2 aliphatic heterocycles. The summed E-state index contributed by atoms with van der Waals surface area (Å²) in [6.45, 7) is 8.62. The third-order valence-corrected chi connectivity index (χ3v) is 8.30. The van der Waals surface area contributed by atoms with Gasteiger partial charge in [0, 0.05) is 36.6 Å². The van der Waals surface area contributed by atoms with E-state index in [1.807, 2.05) is 6.07 Å². The van der Waals surface area contributed by atoms with Gasteiger partial charge >= 0.3 is 0 Å². The molecule has 1 aromatic rings. The summed E-state index contributed by atoms with van der Waals surface area (Å²) in [5.74, 6) is 1.53. The van der Waals surface area contributed by atoms with Crippen molar-refractivity contribution in [1.29, 1.82) is 0 Å². The van der Waals surface area contributed by atoms with E-state index in [1.165, 1.54) is 6.42 Å². The number of anilines is 1. The summed E-state index contributed by atoms with van der Waals surface area (Å²) in [5, 5.41) is 0. The Hall–Kier alpha value is -0.960. The van der Waals surface area contributed by atoms with Crippen LogP contribution in [0.5, 0.6) is 0 Å². The third-order valence-electron chi connectivity index (χ3n) is 6.36. The summed E-state index contributed by atoms with van der Waals surface area (Å²) < 4.78 is 29.9. The molecule has 8 heteroatoms. The highest BCUT2D eigenvalue weighted by atomic mass is 79.9. The lowest BCUT2D eigenvalue weighted by Crippen LogP contribution is -2.40. The Labute approximate surface area is 188 Å². The molecule has 0 spiro atoms. The molecule has 4 rings (SSSR count). The Bertz CT molecular complexity index is 906. The summed E-state index contributed by atoms with van der Waals surface area (Å²) in [6, 6.07) is 3.57. The molecule has 0 unspecified atom stereocenters. The van der Waals surface area contributed by atoms with E-state index in [4.69, 9.17) is 0 Å². The van der Waals surface area contributed by atoms with Crippen molar-refractivity contribution in [3.8, 4) is 0 Å². The fourth-order valence-electron chi connectivity index (χ4n) is 5.01. The number of piperidine rings is 1. The van der Waals surface area contributed by atoms with Crippen LogP contribution in [0.1, 0.15) is 45.1 Å². The summed E-state index contributed by atoms with van der Waals surface area (Å²) in [7, 11) is -3.70. The number of nitrogens with one attached hydrogen (secondary N) is 1. The maximum absolute atomic E-state index is 13.2. The first-order valence-corrected chi connectivity index (χ1v) is 13.4. The highest BCUT2D eigenvalue weighted by Gasteiger charge is 2.39. The quantitative estimate of drug-likeness (QED) is 0.586. The van der Waals surface area contributed by atoms with Crippen LogP contribution in [0, 0.1) is 17.8 Å². The maximum atomic E-state index is 13.2. The van der Waals surface area contributed by atoms with Gasteiger partial charge < -0.3 is 9.80 Å². The molecule has 2 heterocycles. The van der Waals surface area contributed by atoms with E-state index in [9.17, 15) is 13.2 Å². The molecule has 6 nitrogen and oxygen atoms in total. The van der Waals surface area contributed by atoms with Crippen molar-refractivity contribution in [2.45, 2.75) is 50.8 Å². The zero-order chi connectivity index (χ0) is 21.5. The topological polar surface area (TPSA) is 69.7 Å². The average Bonchev–Trinajstić information content (AvgIpc) is 3.43. The lowest BCUT2D eigenvalue weighted by Gasteiger charge is -2.34. The molecule has 2 atom stereocenters. The Balaban J connectivity index is 1.43. The lowest BCUT2D eigenvalue weighted by molar-refractivity contribution is -0.119. The van der Waals surface area contributed by atoms with Gasteiger partial charge in [0.15, 0.2) is 0 Å². The monoisotopic (exact) mass is 497 g/mol. The molecule has 0 radical (unpaired) electrons. The number of rotatable bonds is 7. The number of fused-ring (bicyclic) bond motifs is 1. The number of carbonyl (C=O) groups excluding carboxylic acids is 1. The first-order chi connectivity index (χ1) is 14.2. The number of likely N-dealkylation sites (tertiary alicyclic amines) is 1. The molecule has 2 fully saturated rings. The van der Waals surface area contributed by atoms with Crippen molar-refractivity contribution in [3.63, 3.8) is 0 Å². The zero-order valence-electron chi connectivity index (χ0n) is 17.9. The van der Waals surface area contributed by atoms with Crippen molar-refractivity contribution in [3.05, 3.63) is 22.2 Å². The van der Waals surface area contributed by atoms with Gasteiger partial charge in [0.1, 0.15) is 4.90 Å². The Kier molecular flexibility index (Phi) is 6.59. The molecule has 1 aliphatic carbocycles. The minimum absolute atomic E-state index is 0.0671. The van der Waals surface area contributed by atoms with Gasteiger partial charge in [-0.3, -0.25) is 4.79 Å². The predicted molar refractivity (Wildman–Crippen MR) is 122 cm³/mol. The van der Waals surface area contributed by atoms with Crippen LogP contribution in [0.2, 0.25) is 0 Å². The number of hydrogen-bond donors (Lipinski definition) is 1. The van der Waals surface area contributed by atoms with Crippen molar-refractivity contribution >= 4 is 37.5 Å². The number of hydrogen-bond acceptors (Lipinski definition) is 4. The number of amides is 1. The second-order valence-corrected chi connectivity index (χ2v) is 12.0. The van der Waals surface area contributed by atoms with E-state index >= 15 is 0 Å². The molecule has 166 valence electrons. The Morgan fingerprint density at radius 2 is 1.90 bits per heavy atom. The van der Waals surface area contributed by atoms with Gasteiger partial charge in [-0.25, -0.2) is 13.1 Å². The molecule has 1 N–H and O–H groups in total. The minimum atomic E-state index is -3.70. The van der Waals surface area contributed by atoms with E-state index in [0.717, 1.165) is 48.9 Å². The van der Waals surface area contributed by atoms with E-state index in [-0.39, 0.29) is 16.7 Å². The number of carbonyl (C=O) groups is 1. The van der Waals surface area contributed by atoms with Gasteiger partial charge in [0.25, 0.3) is 0 Å². The average molecular weight is 498 g/mol. The fraction of sp³-hybridized carbons (Fsp3) is 0.682. The van der Waals surface area contributed by atoms with E-state index in [1.54, 1.807) is 11.0 Å². The van der Waals surface area contributed by atoms with Crippen LogP contribution in [-0.4, -0.2) is 51.9 Å². The van der Waals surface area contributed by atoms with Crippen molar-refractivity contribution < 1.29 is 13.2 Å². The molecule has 1 amide bonds. The number of halogens is 1. The van der Waals surface area contributed by atoms with Crippen LogP contribution < -0.4 is 9.62 Å². The SMILES string of the molecule is C[C@@H]1C[C@H](C)CN(CCCNS(=O)(=O)c2cc(Br)cc3c2N(C(=O)C2CC2)CC3)C1. The predicted octanol–water partition coefficient (Wildman–Crippen LogP) is 3.39. The second-order valence-electron chi connectivity index (χ2n) is 9.38. The molecule has 3 aliphatic rings. The molecule has 1 aromatic carbocycles. The van der Waals surface area contributed by atoms with Gasteiger partial charge in [0.05, 0.1) is 5.69 Å². The molecular formula is C22H32BrN3O3S. The fourth-order valence-corrected chi connectivity index (χ4v) is 7.01. The van der Waals surface area contributed by atoms with Crippen LogP contribution in [0.3, 0.4) is 0 Å². The molecule has 30 heavy (non-hydrogen) atoms. The first kappa shape index (κ1) is 22.2. The highest BCUT2D eigenvalue weighted by molar-refractivity contribution is 9.10. The van der Waals surface area contributed by atoms with Crippen LogP contribution in [-0.2, 0) is 21.2 Å². The van der Waals surface area contributed by atoms with Crippen molar-refractivity contribution in [2.75, 3.05) is 37.6 Å². The largest absolute Gasteiger partial charge is 0.310 e. The number of sulfonamides is 1. The summed E-state index contributed by atoms with van der Waals surface area (Å²) in [4.78, 5) is 17.1. The van der Waals surface area contributed by atoms with Crippen LogP contribution in [0.25, 0.3) is 0 Å².